The second-order valence-corrected chi connectivity index (χ2v) is 16.3. The van der Waals surface area contributed by atoms with Gasteiger partial charge in [0.2, 0.25) is 5.91 Å². The molecule has 3 aromatic carbocycles. The third-order valence-corrected chi connectivity index (χ3v) is 11.6. The number of nitrogens with one attached hydrogen (secondary N) is 2. The predicted molar refractivity (Wildman–Crippen MR) is 175 cm³/mol. The maximum Gasteiger partial charge on any atom is 0.407 e. The van der Waals surface area contributed by atoms with E-state index >= 15 is 0 Å². The van der Waals surface area contributed by atoms with Gasteiger partial charge in [-0.25, -0.2) is 21.6 Å². The fourth-order valence-corrected chi connectivity index (χ4v) is 8.03. The highest BCUT2D eigenvalue weighted by molar-refractivity contribution is 7.98. The van der Waals surface area contributed by atoms with Gasteiger partial charge >= 0.3 is 6.18 Å². The summed E-state index contributed by atoms with van der Waals surface area (Å²) in [5.74, 6) is -3.57. The van der Waals surface area contributed by atoms with Gasteiger partial charge in [-0.05, 0) is 71.7 Å². The molecule has 0 saturated heterocycles. The number of amides is 1. The first-order valence-corrected chi connectivity index (χ1v) is 19.3. The van der Waals surface area contributed by atoms with Crippen LogP contribution in [0.5, 0.6) is 0 Å². The highest BCUT2D eigenvalue weighted by atomic mass is 32.2. The molecule has 0 bridgehead atoms. The number of halogens is 3. The molecular formula is C32H36F3N3O6S3. The number of carbonyl (C=O) groups is 2. The first-order chi connectivity index (χ1) is 21.9. The molecule has 1 aliphatic carbocycles. The number of hydrogen-bond donors (Lipinski definition) is 3. The summed E-state index contributed by atoms with van der Waals surface area (Å²) in [5, 5.41) is 2.44. The first kappa shape index (κ1) is 36.6. The van der Waals surface area contributed by atoms with E-state index in [0.29, 0.717) is 16.9 Å². The highest BCUT2D eigenvalue weighted by Crippen LogP contribution is 2.42. The van der Waals surface area contributed by atoms with Crippen molar-refractivity contribution in [2.75, 3.05) is 18.3 Å². The number of sulfone groups is 1. The van der Waals surface area contributed by atoms with Gasteiger partial charge in [-0.15, -0.1) is 0 Å². The second kappa shape index (κ2) is 14.1. The van der Waals surface area contributed by atoms with E-state index in [0.717, 1.165) is 6.26 Å². The van der Waals surface area contributed by atoms with Crippen molar-refractivity contribution in [2.24, 2.45) is 17.6 Å². The van der Waals surface area contributed by atoms with Gasteiger partial charge in [-0.3, -0.25) is 14.9 Å². The van der Waals surface area contributed by atoms with E-state index in [2.05, 4.69) is 5.32 Å². The van der Waals surface area contributed by atoms with E-state index in [4.69, 9.17) is 5.73 Å². The summed E-state index contributed by atoms with van der Waals surface area (Å²) in [5.41, 5.74) is 5.68. The van der Waals surface area contributed by atoms with Crippen LogP contribution in [0.25, 0.3) is 11.1 Å². The maximum absolute atomic E-state index is 14.5. The van der Waals surface area contributed by atoms with Crippen LogP contribution in [-0.4, -0.2) is 64.5 Å². The molecule has 4 N–H and O–H groups in total. The minimum Gasteiger partial charge on any atom is -0.318 e. The number of sulfonamides is 1. The summed E-state index contributed by atoms with van der Waals surface area (Å²) in [4.78, 5) is 27.3. The Bertz CT molecular complexity index is 1800. The third kappa shape index (κ3) is 8.08. The molecule has 1 saturated carbocycles. The van der Waals surface area contributed by atoms with Crippen LogP contribution in [0.2, 0.25) is 0 Å². The van der Waals surface area contributed by atoms with Gasteiger partial charge in [0.1, 0.15) is 6.04 Å². The standard InChI is InChI=1S/C32H36F3N3O6S3/c1-20-19-27(29(39)31(20,36)26(17-18-45-2)30(40)38-47(43,44)25-7-5-4-6-8-25)37-28(32(33,34)35)23-11-9-21(10-12-23)22-13-15-24(16-14-22)46(3,41)42/h4-16,20,26-28,37H,17-19,36H2,1-3H3,(H,38,40)/t20?,26-,27-,28-,31?/m0/s1. The van der Waals surface area contributed by atoms with Crippen LogP contribution in [-0.2, 0) is 29.4 Å². The summed E-state index contributed by atoms with van der Waals surface area (Å²) in [6.07, 6.45) is -2.08. The minimum absolute atomic E-state index is 0.0198. The van der Waals surface area contributed by atoms with Crippen LogP contribution in [0.1, 0.15) is 31.4 Å². The van der Waals surface area contributed by atoms with Crippen LogP contribution < -0.4 is 15.8 Å². The van der Waals surface area contributed by atoms with E-state index in [1.807, 2.05) is 4.72 Å². The van der Waals surface area contributed by atoms with E-state index in [9.17, 15) is 39.6 Å². The summed E-state index contributed by atoms with van der Waals surface area (Å²) < 4.78 is 94.8. The first-order valence-electron chi connectivity index (χ1n) is 14.6. The maximum atomic E-state index is 14.5. The van der Waals surface area contributed by atoms with Gasteiger partial charge in [-0.1, -0.05) is 61.5 Å². The monoisotopic (exact) mass is 711 g/mol. The van der Waals surface area contributed by atoms with Crippen LogP contribution in [0.15, 0.2) is 88.7 Å². The molecule has 254 valence electrons. The van der Waals surface area contributed by atoms with Crippen LogP contribution in [0.4, 0.5) is 13.2 Å². The van der Waals surface area contributed by atoms with Crippen molar-refractivity contribution in [1.29, 1.82) is 0 Å². The molecule has 0 aromatic heterocycles. The average molecular weight is 712 g/mol. The molecule has 1 amide bonds. The Morgan fingerprint density at radius 1 is 0.957 bits per heavy atom. The number of thioether (sulfide) groups is 1. The minimum atomic E-state index is -4.82. The van der Waals surface area contributed by atoms with Gasteiger partial charge in [0.05, 0.1) is 27.3 Å². The number of ketones is 1. The largest absolute Gasteiger partial charge is 0.407 e. The molecule has 15 heteroatoms. The Labute approximate surface area is 276 Å². The van der Waals surface area contributed by atoms with Crippen molar-refractivity contribution < 1.29 is 39.6 Å². The van der Waals surface area contributed by atoms with E-state index in [1.54, 1.807) is 31.4 Å². The van der Waals surface area contributed by atoms with Crippen molar-refractivity contribution in [3.05, 3.63) is 84.4 Å². The summed E-state index contributed by atoms with van der Waals surface area (Å²) in [6, 6.07) is 14.9. The Morgan fingerprint density at radius 3 is 2.02 bits per heavy atom. The van der Waals surface area contributed by atoms with E-state index < -0.39 is 67.2 Å². The Morgan fingerprint density at radius 2 is 1.51 bits per heavy atom. The summed E-state index contributed by atoms with van der Waals surface area (Å²) in [7, 11) is -7.72. The molecule has 47 heavy (non-hydrogen) atoms. The quantitative estimate of drug-likeness (QED) is 0.247. The molecule has 0 heterocycles. The lowest BCUT2D eigenvalue weighted by molar-refractivity contribution is -0.160. The lowest BCUT2D eigenvalue weighted by Crippen LogP contribution is -2.62. The van der Waals surface area contributed by atoms with Gasteiger partial charge in [0.25, 0.3) is 10.0 Å². The lowest BCUT2D eigenvalue weighted by Gasteiger charge is -2.35. The molecular weight excluding hydrogens is 676 g/mol. The smallest absolute Gasteiger partial charge is 0.318 e. The second-order valence-electron chi connectivity index (χ2n) is 11.7. The average Bonchev–Trinajstić information content (AvgIpc) is 3.23. The van der Waals surface area contributed by atoms with Crippen LogP contribution in [0.3, 0.4) is 0 Å². The van der Waals surface area contributed by atoms with Gasteiger partial charge in [-0.2, -0.15) is 24.9 Å². The van der Waals surface area contributed by atoms with E-state index in [-0.39, 0.29) is 28.2 Å². The predicted octanol–water partition coefficient (Wildman–Crippen LogP) is 4.50. The number of hydrogen-bond acceptors (Lipinski definition) is 9. The zero-order valence-electron chi connectivity index (χ0n) is 25.8. The van der Waals surface area contributed by atoms with Crippen molar-refractivity contribution in [3.8, 4) is 11.1 Å². The number of benzene rings is 3. The fourth-order valence-electron chi connectivity index (χ4n) is 5.89. The van der Waals surface area contributed by atoms with Gasteiger partial charge in [0.15, 0.2) is 15.6 Å². The summed E-state index contributed by atoms with van der Waals surface area (Å²) in [6.45, 7) is 1.57. The molecule has 5 atom stereocenters. The molecule has 1 fully saturated rings. The molecule has 0 radical (unpaired) electrons. The zero-order valence-corrected chi connectivity index (χ0v) is 28.3. The molecule has 1 aliphatic rings. The highest BCUT2D eigenvalue weighted by Gasteiger charge is 2.58. The lowest BCUT2D eigenvalue weighted by atomic mass is 9.75. The SMILES string of the molecule is CSCC[C@@H](C(=O)NS(=O)(=O)c1ccccc1)C1(N)C(=O)[C@@H](N[C@@H](c2ccc(-c3ccc(S(C)(=O)=O)cc3)cc2)C(F)(F)F)CC1C. The number of nitrogens with two attached hydrogens (primary N) is 1. The summed E-state index contributed by atoms with van der Waals surface area (Å²) >= 11 is 1.35. The number of Topliss-reactive ketones (excluding diaryl/α,β-unsaturated/α-hetero) is 1. The van der Waals surface area contributed by atoms with Crippen molar-refractivity contribution >= 4 is 43.3 Å². The number of alkyl halides is 3. The molecule has 9 nitrogen and oxygen atoms in total. The van der Waals surface area contributed by atoms with Crippen molar-refractivity contribution in [2.45, 2.75) is 53.4 Å². The van der Waals surface area contributed by atoms with Crippen molar-refractivity contribution in [3.63, 3.8) is 0 Å². The molecule has 4 rings (SSSR count). The van der Waals surface area contributed by atoms with Gasteiger partial charge in [0, 0.05) is 6.26 Å². The van der Waals surface area contributed by atoms with E-state index in [1.165, 1.54) is 72.4 Å². The molecule has 3 aromatic rings. The Kier molecular flexibility index (Phi) is 11.0. The fraction of sp³-hybridized carbons (Fsp3) is 0.375. The number of carbonyl (C=O) groups excluding carboxylic acids is 2. The number of rotatable bonds is 12. The van der Waals surface area contributed by atoms with Gasteiger partial charge < -0.3 is 5.73 Å². The Balaban J connectivity index is 1.58. The Hall–Kier alpha value is -3.24. The topological polar surface area (TPSA) is 152 Å². The third-order valence-electron chi connectivity index (χ3n) is 8.50. The zero-order chi connectivity index (χ0) is 34.8. The normalized spacial score (nSPS) is 21.7. The van der Waals surface area contributed by atoms with Crippen LogP contribution >= 0.6 is 11.8 Å². The molecule has 2 unspecified atom stereocenters. The molecule has 0 aliphatic heterocycles. The van der Waals surface area contributed by atoms with Crippen molar-refractivity contribution in [1.82, 2.24) is 10.0 Å². The van der Waals surface area contributed by atoms with Crippen LogP contribution in [0, 0.1) is 11.8 Å². The molecule has 0 spiro atoms.